The Labute approximate surface area is 228 Å². The summed E-state index contributed by atoms with van der Waals surface area (Å²) in [4.78, 5) is 9.41. The van der Waals surface area contributed by atoms with Crippen molar-refractivity contribution < 1.29 is 0 Å². The standard InChI is InChI=1S/C34H44N4/c1(3-5-7-15-24-35-31-23-26-36-30-20-12-9-17-27(30)31)2-4-6-8-16-25-37-34-28-18-10-13-21-32(28)38-33-22-14-11-19-29(33)34/h9-10,12-13,17-18,20-21,23,26H,1-8,11,14-16,19,22,24-25H2,(H,35,36)(H,37,38). The SMILES string of the molecule is c1ccc2c(NCCCCCCCCCCCCNc3c4c(nc5ccccc35)CCCC4)ccnc2c1. The van der Waals surface area contributed by atoms with E-state index < -0.39 is 0 Å². The number of fused-ring (bicyclic) bond motifs is 3. The molecule has 0 fully saturated rings. The summed E-state index contributed by atoms with van der Waals surface area (Å²) in [5.74, 6) is 0. The van der Waals surface area contributed by atoms with Gasteiger partial charge in [-0.1, -0.05) is 87.8 Å². The third kappa shape index (κ3) is 7.03. The van der Waals surface area contributed by atoms with Crippen LogP contribution in [-0.2, 0) is 12.8 Å². The van der Waals surface area contributed by atoms with E-state index in [1.165, 1.54) is 117 Å². The Balaban J connectivity index is 0.901. The molecule has 0 amide bonds. The molecule has 0 atom stereocenters. The van der Waals surface area contributed by atoms with Crippen LogP contribution in [0.3, 0.4) is 0 Å². The van der Waals surface area contributed by atoms with Crippen LogP contribution >= 0.6 is 0 Å². The number of aromatic nitrogens is 2. The van der Waals surface area contributed by atoms with Crippen molar-refractivity contribution in [3.05, 3.63) is 72.1 Å². The average Bonchev–Trinajstić information content (AvgIpc) is 2.97. The molecule has 4 aromatic rings. The first-order valence-corrected chi connectivity index (χ1v) is 15.1. The summed E-state index contributed by atoms with van der Waals surface area (Å²) in [6.07, 6.45) is 20.2. The molecule has 1 aliphatic rings. The van der Waals surface area contributed by atoms with Crippen LogP contribution in [0.15, 0.2) is 60.8 Å². The van der Waals surface area contributed by atoms with Gasteiger partial charge in [-0.2, -0.15) is 0 Å². The second kappa shape index (κ2) is 14.1. The molecule has 4 nitrogen and oxygen atoms in total. The number of unbranched alkanes of at least 4 members (excludes halogenated alkanes) is 9. The molecular weight excluding hydrogens is 464 g/mol. The van der Waals surface area contributed by atoms with Crippen molar-refractivity contribution in [1.82, 2.24) is 9.97 Å². The highest BCUT2D eigenvalue weighted by Crippen LogP contribution is 2.33. The van der Waals surface area contributed by atoms with E-state index in [2.05, 4.69) is 64.1 Å². The van der Waals surface area contributed by atoms with E-state index in [1.807, 2.05) is 12.3 Å². The predicted molar refractivity (Wildman–Crippen MR) is 163 cm³/mol. The van der Waals surface area contributed by atoms with Gasteiger partial charge >= 0.3 is 0 Å². The maximum Gasteiger partial charge on any atom is 0.0726 e. The molecule has 0 bridgehead atoms. The predicted octanol–water partition coefficient (Wildman–Crippen LogP) is 9.09. The van der Waals surface area contributed by atoms with Gasteiger partial charge in [0.1, 0.15) is 0 Å². The van der Waals surface area contributed by atoms with Crippen LogP contribution < -0.4 is 10.6 Å². The summed E-state index contributed by atoms with van der Waals surface area (Å²) in [6, 6.07) is 19.1. The van der Waals surface area contributed by atoms with Crippen LogP contribution in [0, 0.1) is 0 Å². The number of rotatable bonds is 15. The van der Waals surface area contributed by atoms with Crippen LogP contribution in [0.5, 0.6) is 0 Å². The van der Waals surface area contributed by atoms with E-state index in [1.54, 1.807) is 0 Å². The molecule has 2 aromatic heterocycles. The maximum absolute atomic E-state index is 4.97. The number of hydrogen-bond acceptors (Lipinski definition) is 4. The lowest BCUT2D eigenvalue weighted by Crippen LogP contribution is -2.12. The Hall–Kier alpha value is -3.14. The molecule has 0 saturated carbocycles. The van der Waals surface area contributed by atoms with Gasteiger partial charge in [0.25, 0.3) is 0 Å². The summed E-state index contributed by atoms with van der Waals surface area (Å²) in [7, 11) is 0. The molecule has 0 radical (unpaired) electrons. The lowest BCUT2D eigenvalue weighted by molar-refractivity contribution is 0.557. The van der Waals surface area contributed by atoms with Crippen molar-refractivity contribution in [1.29, 1.82) is 0 Å². The number of para-hydroxylation sites is 2. The minimum absolute atomic E-state index is 1.04. The number of pyridine rings is 2. The summed E-state index contributed by atoms with van der Waals surface area (Å²) >= 11 is 0. The topological polar surface area (TPSA) is 49.8 Å². The molecule has 0 aliphatic heterocycles. The summed E-state index contributed by atoms with van der Waals surface area (Å²) in [5, 5.41) is 9.95. The van der Waals surface area contributed by atoms with Gasteiger partial charge in [0.2, 0.25) is 0 Å². The lowest BCUT2D eigenvalue weighted by Gasteiger charge is -2.21. The van der Waals surface area contributed by atoms with Gasteiger partial charge in [0.05, 0.1) is 11.0 Å². The number of benzene rings is 2. The fourth-order valence-electron chi connectivity index (χ4n) is 5.93. The van der Waals surface area contributed by atoms with E-state index in [0.717, 1.165) is 30.5 Å². The fraction of sp³-hybridized carbons (Fsp3) is 0.471. The van der Waals surface area contributed by atoms with Gasteiger partial charge in [0.15, 0.2) is 0 Å². The van der Waals surface area contributed by atoms with Gasteiger partial charge in [0, 0.05) is 47.1 Å². The van der Waals surface area contributed by atoms with Crippen molar-refractivity contribution in [2.24, 2.45) is 0 Å². The fourth-order valence-corrected chi connectivity index (χ4v) is 5.93. The minimum atomic E-state index is 1.04. The molecule has 4 heteroatoms. The highest BCUT2D eigenvalue weighted by atomic mass is 14.9. The summed E-state index contributed by atoms with van der Waals surface area (Å²) in [6.45, 7) is 2.11. The number of hydrogen-bond donors (Lipinski definition) is 2. The Morgan fingerprint density at radius 3 is 1.95 bits per heavy atom. The molecule has 200 valence electrons. The Morgan fingerprint density at radius 1 is 0.579 bits per heavy atom. The second-order valence-corrected chi connectivity index (χ2v) is 10.9. The first kappa shape index (κ1) is 26.5. The van der Waals surface area contributed by atoms with Gasteiger partial charge in [-0.15, -0.1) is 0 Å². The second-order valence-electron chi connectivity index (χ2n) is 10.9. The van der Waals surface area contributed by atoms with E-state index in [-0.39, 0.29) is 0 Å². The minimum Gasteiger partial charge on any atom is -0.384 e. The molecule has 2 heterocycles. The van der Waals surface area contributed by atoms with Crippen molar-refractivity contribution in [2.45, 2.75) is 89.9 Å². The molecule has 1 aliphatic carbocycles. The van der Waals surface area contributed by atoms with E-state index in [0.29, 0.717) is 0 Å². The maximum atomic E-state index is 4.97. The zero-order valence-electron chi connectivity index (χ0n) is 23.0. The Kier molecular flexibility index (Phi) is 9.84. The van der Waals surface area contributed by atoms with Gasteiger partial charge in [-0.25, -0.2) is 0 Å². The molecular formula is C34H44N4. The summed E-state index contributed by atoms with van der Waals surface area (Å²) < 4.78 is 0. The van der Waals surface area contributed by atoms with Gasteiger partial charge < -0.3 is 10.6 Å². The van der Waals surface area contributed by atoms with E-state index in [9.17, 15) is 0 Å². The first-order chi connectivity index (χ1) is 18.9. The zero-order valence-corrected chi connectivity index (χ0v) is 23.0. The summed E-state index contributed by atoms with van der Waals surface area (Å²) in [5.41, 5.74) is 7.60. The first-order valence-electron chi connectivity index (χ1n) is 15.1. The molecule has 5 rings (SSSR count). The van der Waals surface area contributed by atoms with E-state index in [4.69, 9.17) is 4.98 Å². The van der Waals surface area contributed by atoms with Crippen molar-refractivity contribution in [3.8, 4) is 0 Å². The lowest BCUT2D eigenvalue weighted by atomic mass is 9.92. The highest BCUT2D eigenvalue weighted by Gasteiger charge is 2.17. The highest BCUT2D eigenvalue weighted by molar-refractivity contribution is 5.93. The van der Waals surface area contributed by atoms with Crippen molar-refractivity contribution in [2.75, 3.05) is 23.7 Å². The van der Waals surface area contributed by atoms with Gasteiger partial charge in [-0.3, -0.25) is 9.97 Å². The number of nitrogens with zero attached hydrogens (tertiary/aromatic N) is 2. The monoisotopic (exact) mass is 508 g/mol. The largest absolute Gasteiger partial charge is 0.384 e. The molecule has 0 unspecified atom stereocenters. The normalized spacial score (nSPS) is 13.1. The number of aryl methyl sites for hydroxylation is 1. The molecule has 2 N–H and O–H groups in total. The Bertz CT molecular complexity index is 1290. The van der Waals surface area contributed by atoms with Crippen molar-refractivity contribution in [3.63, 3.8) is 0 Å². The van der Waals surface area contributed by atoms with Crippen LogP contribution in [-0.4, -0.2) is 23.1 Å². The number of nitrogens with one attached hydrogen (secondary N) is 2. The van der Waals surface area contributed by atoms with Crippen LogP contribution in [0.25, 0.3) is 21.8 Å². The van der Waals surface area contributed by atoms with Crippen LogP contribution in [0.1, 0.15) is 88.3 Å². The molecule has 0 saturated heterocycles. The third-order valence-electron chi connectivity index (χ3n) is 8.04. The molecule has 38 heavy (non-hydrogen) atoms. The van der Waals surface area contributed by atoms with Crippen molar-refractivity contribution >= 4 is 33.2 Å². The third-order valence-corrected chi connectivity index (χ3v) is 8.04. The smallest absolute Gasteiger partial charge is 0.0726 e. The molecule has 2 aromatic carbocycles. The van der Waals surface area contributed by atoms with Crippen LogP contribution in [0.4, 0.5) is 11.4 Å². The van der Waals surface area contributed by atoms with E-state index >= 15 is 0 Å². The Morgan fingerprint density at radius 2 is 1.18 bits per heavy atom. The van der Waals surface area contributed by atoms with Crippen LogP contribution in [0.2, 0.25) is 0 Å². The quantitative estimate of drug-likeness (QED) is 0.157. The molecule has 0 spiro atoms. The average molecular weight is 509 g/mol. The number of anilines is 2. The zero-order chi connectivity index (χ0) is 25.8. The van der Waals surface area contributed by atoms with Gasteiger partial charge in [-0.05, 0) is 62.3 Å².